The van der Waals surface area contributed by atoms with E-state index in [1.54, 1.807) is 12.1 Å². The smallest absolute Gasteiger partial charge is 0.235 e. The predicted octanol–water partition coefficient (Wildman–Crippen LogP) is 1.50. The van der Waals surface area contributed by atoms with Gasteiger partial charge in [0.25, 0.3) is 0 Å². The van der Waals surface area contributed by atoms with Crippen molar-refractivity contribution in [3.05, 3.63) is 35.5 Å². The van der Waals surface area contributed by atoms with E-state index in [0.29, 0.717) is 18.4 Å². The minimum absolute atomic E-state index is 0.231. The van der Waals surface area contributed by atoms with Crippen molar-refractivity contribution < 1.29 is 14.4 Å². The summed E-state index contributed by atoms with van der Waals surface area (Å²) < 4.78 is 0. The first-order valence-corrected chi connectivity index (χ1v) is 6.09. The number of hydrogen-bond donors (Lipinski definition) is 2. The molecule has 1 atom stereocenters. The van der Waals surface area contributed by atoms with Gasteiger partial charge in [0, 0.05) is 28.6 Å². The predicted molar refractivity (Wildman–Crippen MR) is 68.8 cm³/mol. The lowest BCUT2D eigenvalue weighted by atomic mass is 9.95. The van der Waals surface area contributed by atoms with Gasteiger partial charge in [0.1, 0.15) is 0 Å². The summed E-state index contributed by atoms with van der Waals surface area (Å²) in [5, 5.41) is 3.14. The maximum Gasteiger partial charge on any atom is 0.235 e. The molecule has 5 nitrogen and oxygen atoms in total. The Balaban J connectivity index is 2.04. The molecular weight excluding hydrogens is 244 g/mol. The fourth-order valence-corrected chi connectivity index (χ4v) is 2.48. The van der Waals surface area contributed by atoms with E-state index in [1.165, 1.54) is 0 Å². The summed E-state index contributed by atoms with van der Waals surface area (Å²) in [5.41, 5.74) is 2.16. The minimum atomic E-state index is -0.357. The lowest BCUT2D eigenvalue weighted by Crippen LogP contribution is -2.39. The molecule has 1 saturated heterocycles. The fourth-order valence-electron chi connectivity index (χ4n) is 2.48. The van der Waals surface area contributed by atoms with E-state index in [1.807, 2.05) is 12.1 Å². The number of imide groups is 1. The highest BCUT2D eigenvalue weighted by molar-refractivity contribution is 6.02. The van der Waals surface area contributed by atoms with Crippen LogP contribution in [0.4, 0.5) is 0 Å². The van der Waals surface area contributed by atoms with Crippen LogP contribution in [-0.4, -0.2) is 23.1 Å². The van der Waals surface area contributed by atoms with Gasteiger partial charge < -0.3 is 4.98 Å². The zero-order chi connectivity index (χ0) is 13.4. The molecular formula is C14H12N2O3. The molecule has 2 amide bonds. The van der Waals surface area contributed by atoms with Crippen molar-refractivity contribution in [3.8, 4) is 0 Å². The maximum absolute atomic E-state index is 11.8. The molecule has 19 heavy (non-hydrogen) atoms. The van der Waals surface area contributed by atoms with Crippen molar-refractivity contribution >= 4 is 29.0 Å². The Morgan fingerprint density at radius 1 is 1.26 bits per heavy atom. The Hall–Kier alpha value is -2.43. The number of aromatic amines is 1. The molecule has 1 aromatic heterocycles. The van der Waals surface area contributed by atoms with Crippen LogP contribution in [0.5, 0.6) is 0 Å². The van der Waals surface area contributed by atoms with Gasteiger partial charge in [-0.05, 0) is 18.6 Å². The molecule has 2 aromatic rings. The Bertz CT molecular complexity index is 687. The number of amides is 2. The van der Waals surface area contributed by atoms with Gasteiger partial charge in [0.2, 0.25) is 11.8 Å². The molecule has 1 unspecified atom stereocenters. The fraction of sp³-hybridized carbons (Fsp3) is 0.214. The second kappa shape index (κ2) is 4.35. The SMILES string of the molecule is O=Cc1cccc2[nH]c(C3CCC(=O)NC3=O)cc12. The average Bonchev–Trinajstić information content (AvgIpc) is 2.81. The third-order valence-electron chi connectivity index (χ3n) is 3.46. The summed E-state index contributed by atoms with van der Waals surface area (Å²) in [6.07, 6.45) is 1.63. The van der Waals surface area contributed by atoms with E-state index in [0.717, 1.165) is 22.9 Å². The number of aldehydes is 1. The number of hydrogen-bond acceptors (Lipinski definition) is 3. The number of carbonyl (C=O) groups is 3. The molecule has 1 aliphatic rings. The van der Waals surface area contributed by atoms with Crippen LogP contribution in [0, 0.1) is 0 Å². The minimum Gasteiger partial charge on any atom is -0.358 e. The topological polar surface area (TPSA) is 79.0 Å². The van der Waals surface area contributed by atoms with Crippen LogP contribution >= 0.6 is 0 Å². The second-order valence-corrected chi connectivity index (χ2v) is 4.65. The van der Waals surface area contributed by atoms with Gasteiger partial charge in [0.05, 0.1) is 5.92 Å². The zero-order valence-corrected chi connectivity index (χ0v) is 10.1. The molecule has 2 heterocycles. The van der Waals surface area contributed by atoms with E-state index in [-0.39, 0.29) is 17.7 Å². The van der Waals surface area contributed by atoms with Crippen LogP contribution in [0.25, 0.3) is 10.9 Å². The first-order chi connectivity index (χ1) is 9.19. The van der Waals surface area contributed by atoms with Crippen LogP contribution < -0.4 is 5.32 Å². The average molecular weight is 256 g/mol. The third kappa shape index (κ3) is 1.93. The third-order valence-corrected chi connectivity index (χ3v) is 3.46. The standard InChI is InChI=1S/C14H12N2O3/c17-7-8-2-1-3-11-10(8)6-12(15-11)9-4-5-13(18)16-14(9)19/h1-3,6-7,9,15H,4-5H2,(H,16,18,19). The molecule has 3 rings (SSSR count). The van der Waals surface area contributed by atoms with Crippen molar-refractivity contribution in [2.75, 3.05) is 0 Å². The number of aromatic nitrogens is 1. The molecule has 0 spiro atoms. The summed E-state index contributed by atoms with van der Waals surface area (Å²) in [4.78, 5) is 37.1. The maximum atomic E-state index is 11.8. The number of H-pyrrole nitrogens is 1. The van der Waals surface area contributed by atoms with E-state index in [4.69, 9.17) is 0 Å². The van der Waals surface area contributed by atoms with Crippen LogP contribution in [-0.2, 0) is 9.59 Å². The monoisotopic (exact) mass is 256 g/mol. The summed E-state index contributed by atoms with van der Waals surface area (Å²) in [7, 11) is 0. The quantitative estimate of drug-likeness (QED) is 0.631. The van der Waals surface area contributed by atoms with Gasteiger partial charge >= 0.3 is 0 Å². The van der Waals surface area contributed by atoms with E-state index in [9.17, 15) is 14.4 Å². The Morgan fingerprint density at radius 2 is 2.11 bits per heavy atom. The van der Waals surface area contributed by atoms with Crippen molar-refractivity contribution in [1.29, 1.82) is 0 Å². The lowest BCUT2D eigenvalue weighted by molar-refractivity contribution is -0.134. The molecule has 96 valence electrons. The van der Waals surface area contributed by atoms with Crippen LogP contribution in [0.15, 0.2) is 24.3 Å². The largest absolute Gasteiger partial charge is 0.358 e. The number of nitrogens with one attached hydrogen (secondary N) is 2. The normalized spacial score (nSPS) is 19.5. The van der Waals surface area contributed by atoms with Crippen molar-refractivity contribution in [2.45, 2.75) is 18.8 Å². The highest BCUT2D eigenvalue weighted by Gasteiger charge is 2.29. The number of fused-ring (bicyclic) bond motifs is 1. The van der Waals surface area contributed by atoms with Gasteiger partial charge in [-0.25, -0.2) is 0 Å². The second-order valence-electron chi connectivity index (χ2n) is 4.65. The number of benzene rings is 1. The van der Waals surface area contributed by atoms with Crippen molar-refractivity contribution in [1.82, 2.24) is 10.3 Å². The Morgan fingerprint density at radius 3 is 2.84 bits per heavy atom. The number of rotatable bonds is 2. The lowest BCUT2D eigenvalue weighted by Gasteiger charge is -2.19. The van der Waals surface area contributed by atoms with Gasteiger partial charge in [-0.1, -0.05) is 12.1 Å². The first kappa shape index (κ1) is 11.6. The molecule has 0 aliphatic carbocycles. The Labute approximate surface area is 109 Å². The number of carbonyl (C=O) groups excluding carboxylic acids is 3. The van der Waals surface area contributed by atoms with Crippen LogP contribution in [0.2, 0.25) is 0 Å². The van der Waals surface area contributed by atoms with Crippen LogP contribution in [0.1, 0.15) is 34.8 Å². The molecule has 0 bridgehead atoms. The summed E-state index contributed by atoms with van der Waals surface area (Å²) in [5.74, 6) is -0.869. The molecule has 1 aromatic carbocycles. The van der Waals surface area contributed by atoms with E-state index < -0.39 is 0 Å². The highest BCUT2D eigenvalue weighted by Crippen LogP contribution is 2.28. The van der Waals surface area contributed by atoms with Gasteiger partial charge in [-0.15, -0.1) is 0 Å². The first-order valence-electron chi connectivity index (χ1n) is 6.09. The molecule has 0 saturated carbocycles. The molecule has 1 aliphatic heterocycles. The zero-order valence-electron chi connectivity index (χ0n) is 10.1. The summed E-state index contributed by atoms with van der Waals surface area (Å²) >= 11 is 0. The van der Waals surface area contributed by atoms with Crippen molar-refractivity contribution in [2.24, 2.45) is 0 Å². The number of piperidine rings is 1. The van der Waals surface area contributed by atoms with Gasteiger partial charge in [0.15, 0.2) is 6.29 Å². The molecule has 1 fully saturated rings. The van der Waals surface area contributed by atoms with Gasteiger partial charge in [-0.3, -0.25) is 19.7 Å². The van der Waals surface area contributed by atoms with Crippen LogP contribution in [0.3, 0.4) is 0 Å². The summed E-state index contributed by atoms with van der Waals surface area (Å²) in [6, 6.07) is 7.20. The summed E-state index contributed by atoms with van der Waals surface area (Å²) in [6.45, 7) is 0. The highest BCUT2D eigenvalue weighted by atomic mass is 16.2. The molecule has 0 radical (unpaired) electrons. The Kier molecular flexibility index (Phi) is 2.67. The molecule has 5 heteroatoms. The van der Waals surface area contributed by atoms with Gasteiger partial charge in [-0.2, -0.15) is 0 Å². The van der Waals surface area contributed by atoms with Crippen molar-refractivity contribution in [3.63, 3.8) is 0 Å². The van der Waals surface area contributed by atoms with E-state index in [2.05, 4.69) is 10.3 Å². The molecule has 2 N–H and O–H groups in total. The van der Waals surface area contributed by atoms with E-state index >= 15 is 0 Å².